The number of rotatable bonds is 5. The Morgan fingerprint density at radius 2 is 1.91 bits per heavy atom. The van der Waals surface area contributed by atoms with Gasteiger partial charge in [-0.15, -0.1) is 11.3 Å². The van der Waals surface area contributed by atoms with Crippen LogP contribution in [0.15, 0.2) is 47.0 Å². The molecule has 2 heterocycles. The lowest BCUT2D eigenvalue weighted by molar-refractivity contribution is 0.0995. The van der Waals surface area contributed by atoms with Crippen LogP contribution in [0.4, 0.5) is 5.13 Å². The standard InChI is InChI=1S/C18H18N2O2S/c1-3-13-5-7-14(8-6-13)10-15-11-19-18(23-15)20-17(21)16-9-4-12(2)22-16/h4-9,11H,3,10H2,1-2H3,(H,19,20,21). The summed E-state index contributed by atoms with van der Waals surface area (Å²) in [5, 5.41) is 3.36. The van der Waals surface area contributed by atoms with Gasteiger partial charge in [-0.3, -0.25) is 10.1 Å². The fraction of sp³-hybridized carbons (Fsp3) is 0.222. The van der Waals surface area contributed by atoms with Crippen LogP contribution in [0, 0.1) is 6.92 Å². The molecule has 0 atom stereocenters. The van der Waals surface area contributed by atoms with E-state index in [2.05, 4.69) is 41.5 Å². The van der Waals surface area contributed by atoms with Gasteiger partial charge in [0.05, 0.1) is 0 Å². The van der Waals surface area contributed by atoms with Gasteiger partial charge in [0, 0.05) is 17.5 Å². The zero-order chi connectivity index (χ0) is 16.2. The second-order valence-electron chi connectivity index (χ2n) is 5.34. The fourth-order valence-electron chi connectivity index (χ4n) is 2.26. The molecule has 0 saturated carbocycles. The van der Waals surface area contributed by atoms with Gasteiger partial charge in [-0.25, -0.2) is 4.98 Å². The lowest BCUT2D eigenvalue weighted by Crippen LogP contribution is -2.10. The van der Waals surface area contributed by atoms with Crippen LogP contribution in [0.3, 0.4) is 0 Å². The Bertz CT molecular complexity index is 803. The molecule has 0 aliphatic heterocycles. The predicted octanol–water partition coefficient (Wildman–Crippen LogP) is 4.45. The number of carbonyl (C=O) groups is 1. The summed E-state index contributed by atoms with van der Waals surface area (Å²) >= 11 is 1.48. The molecule has 23 heavy (non-hydrogen) atoms. The molecule has 0 radical (unpaired) electrons. The quantitative estimate of drug-likeness (QED) is 0.753. The Kier molecular flexibility index (Phi) is 4.57. The van der Waals surface area contributed by atoms with Crippen molar-refractivity contribution >= 4 is 22.4 Å². The third-order valence-corrected chi connectivity index (χ3v) is 4.46. The van der Waals surface area contributed by atoms with E-state index in [1.165, 1.54) is 22.5 Å². The number of hydrogen-bond donors (Lipinski definition) is 1. The summed E-state index contributed by atoms with van der Waals surface area (Å²) in [5.41, 5.74) is 2.57. The molecular weight excluding hydrogens is 308 g/mol. The van der Waals surface area contributed by atoms with Crippen LogP contribution in [0.1, 0.15) is 39.2 Å². The van der Waals surface area contributed by atoms with Gasteiger partial charge in [0.2, 0.25) is 0 Å². The number of amides is 1. The molecule has 4 nitrogen and oxygen atoms in total. The third-order valence-electron chi connectivity index (χ3n) is 3.55. The van der Waals surface area contributed by atoms with Crippen molar-refractivity contribution in [1.29, 1.82) is 0 Å². The summed E-state index contributed by atoms with van der Waals surface area (Å²) < 4.78 is 5.31. The Labute approximate surface area is 139 Å². The maximum absolute atomic E-state index is 12.0. The van der Waals surface area contributed by atoms with Crippen LogP contribution >= 0.6 is 11.3 Å². The van der Waals surface area contributed by atoms with E-state index < -0.39 is 0 Å². The van der Waals surface area contributed by atoms with E-state index in [1.807, 2.05) is 6.92 Å². The SMILES string of the molecule is CCc1ccc(Cc2cnc(NC(=O)c3ccc(C)o3)s2)cc1. The summed E-state index contributed by atoms with van der Waals surface area (Å²) in [5.74, 6) is 0.742. The van der Waals surface area contributed by atoms with Crippen molar-refractivity contribution in [2.45, 2.75) is 26.7 Å². The van der Waals surface area contributed by atoms with Crippen molar-refractivity contribution in [1.82, 2.24) is 4.98 Å². The molecule has 0 unspecified atom stereocenters. The highest BCUT2D eigenvalue weighted by atomic mass is 32.1. The number of nitrogens with one attached hydrogen (secondary N) is 1. The molecule has 0 bridgehead atoms. The second-order valence-corrected chi connectivity index (χ2v) is 6.46. The largest absolute Gasteiger partial charge is 0.456 e. The molecule has 0 fully saturated rings. The number of nitrogens with zero attached hydrogens (tertiary/aromatic N) is 1. The molecule has 0 aliphatic carbocycles. The van der Waals surface area contributed by atoms with Gasteiger partial charge < -0.3 is 4.42 Å². The van der Waals surface area contributed by atoms with Crippen LogP contribution < -0.4 is 5.32 Å². The van der Waals surface area contributed by atoms with E-state index in [0.717, 1.165) is 17.7 Å². The van der Waals surface area contributed by atoms with Gasteiger partial charge in [0.25, 0.3) is 5.91 Å². The molecule has 2 aromatic heterocycles. The van der Waals surface area contributed by atoms with Gasteiger partial charge in [-0.2, -0.15) is 0 Å². The summed E-state index contributed by atoms with van der Waals surface area (Å²) in [6.45, 7) is 3.95. The highest BCUT2D eigenvalue weighted by Crippen LogP contribution is 2.22. The molecule has 0 saturated heterocycles. The van der Waals surface area contributed by atoms with E-state index in [-0.39, 0.29) is 5.91 Å². The zero-order valence-corrected chi connectivity index (χ0v) is 13.9. The molecule has 0 spiro atoms. The van der Waals surface area contributed by atoms with Crippen molar-refractivity contribution < 1.29 is 9.21 Å². The van der Waals surface area contributed by atoms with E-state index in [0.29, 0.717) is 16.7 Å². The average molecular weight is 326 g/mol. The summed E-state index contributed by atoms with van der Waals surface area (Å²) in [7, 11) is 0. The summed E-state index contributed by atoms with van der Waals surface area (Å²) in [6.07, 6.45) is 3.67. The second kappa shape index (κ2) is 6.79. The number of carbonyl (C=O) groups excluding carboxylic acids is 1. The van der Waals surface area contributed by atoms with Crippen molar-refractivity contribution in [3.63, 3.8) is 0 Å². The molecule has 3 rings (SSSR count). The Morgan fingerprint density at radius 1 is 1.17 bits per heavy atom. The van der Waals surface area contributed by atoms with E-state index in [1.54, 1.807) is 18.3 Å². The number of hydrogen-bond acceptors (Lipinski definition) is 4. The minimum atomic E-state index is -0.272. The maximum atomic E-state index is 12.0. The van der Waals surface area contributed by atoms with Gasteiger partial charge in [-0.05, 0) is 36.6 Å². The first-order valence-electron chi connectivity index (χ1n) is 7.54. The van der Waals surface area contributed by atoms with E-state index in [9.17, 15) is 4.79 Å². The van der Waals surface area contributed by atoms with Gasteiger partial charge in [-0.1, -0.05) is 31.2 Å². The van der Waals surface area contributed by atoms with E-state index >= 15 is 0 Å². The number of furan rings is 1. The number of aryl methyl sites for hydroxylation is 2. The smallest absolute Gasteiger partial charge is 0.293 e. The van der Waals surface area contributed by atoms with Gasteiger partial charge >= 0.3 is 0 Å². The average Bonchev–Trinajstić information content (AvgIpc) is 3.17. The number of thiazole rings is 1. The van der Waals surface area contributed by atoms with E-state index in [4.69, 9.17) is 4.42 Å². The van der Waals surface area contributed by atoms with Crippen LogP contribution in [0.25, 0.3) is 0 Å². The van der Waals surface area contributed by atoms with Crippen LogP contribution in [-0.4, -0.2) is 10.9 Å². The van der Waals surface area contributed by atoms with Gasteiger partial charge in [0.15, 0.2) is 10.9 Å². The molecular formula is C18H18N2O2S. The molecule has 1 aromatic carbocycles. The molecule has 5 heteroatoms. The first-order valence-corrected chi connectivity index (χ1v) is 8.36. The first-order chi connectivity index (χ1) is 11.1. The van der Waals surface area contributed by atoms with Crippen LogP contribution in [-0.2, 0) is 12.8 Å². The third kappa shape index (κ3) is 3.87. The Balaban J connectivity index is 1.64. The Hall–Kier alpha value is -2.40. The lowest BCUT2D eigenvalue weighted by Gasteiger charge is -2.00. The lowest BCUT2D eigenvalue weighted by atomic mass is 10.1. The zero-order valence-electron chi connectivity index (χ0n) is 13.1. The first kappa shape index (κ1) is 15.5. The Morgan fingerprint density at radius 3 is 2.57 bits per heavy atom. The predicted molar refractivity (Wildman–Crippen MR) is 92.1 cm³/mol. The number of aromatic nitrogens is 1. The van der Waals surface area contributed by atoms with Crippen molar-refractivity contribution in [2.75, 3.05) is 5.32 Å². The topological polar surface area (TPSA) is 55.1 Å². The van der Waals surface area contributed by atoms with Crippen molar-refractivity contribution in [2.24, 2.45) is 0 Å². The van der Waals surface area contributed by atoms with Crippen molar-refractivity contribution in [3.05, 3.63) is 70.1 Å². The normalized spacial score (nSPS) is 10.7. The molecule has 118 valence electrons. The molecule has 1 amide bonds. The van der Waals surface area contributed by atoms with Crippen LogP contribution in [0.5, 0.6) is 0 Å². The minimum absolute atomic E-state index is 0.272. The highest BCUT2D eigenvalue weighted by Gasteiger charge is 2.12. The summed E-state index contributed by atoms with van der Waals surface area (Å²) in [4.78, 5) is 17.4. The molecule has 0 aliphatic rings. The van der Waals surface area contributed by atoms with Crippen LogP contribution in [0.2, 0.25) is 0 Å². The molecule has 1 N–H and O–H groups in total. The number of anilines is 1. The fourth-order valence-corrected chi connectivity index (χ4v) is 3.10. The maximum Gasteiger partial charge on any atom is 0.293 e. The monoisotopic (exact) mass is 326 g/mol. The van der Waals surface area contributed by atoms with Gasteiger partial charge in [0.1, 0.15) is 5.76 Å². The minimum Gasteiger partial charge on any atom is -0.456 e. The van der Waals surface area contributed by atoms with Crippen molar-refractivity contribution in [3.8, 4) is 0 Å². The molecule has 3 aromatic rings. The number of benzene rings is 1. The highest BCUT2D eigenvalue weighted by molar-refractivity contribution is 7.15. The summed E-state index contributed by atoms with van der Waals surface area (Å²) in [6, 6.07) is 12.0.